The van der Waals surface area contributed by atoms with E-state index in [-0.39, 0.29) is 23.8 Å². The van der Waals surface area contributed by atoms with Crippen molar-refractivity contribution in [2.45, 2.75) is 38.6 Å². The third-order valence-corrected chi connectivity index (χ3v) is 8.00. The van der Waals surface area contributed by atoms with Crippen molar-refractivity contribution in [3.63, 3.8) is 0 Å². The summed E-state index contributed by atoms with van der Waals surface area (Å²) < 4.78 is 23.6. The monoisotopic (exact) mass is 556 g/mol. The molecule has 1 N–H and O–H groups in total. The average Bonchev–Trinajstić information content (AvgIpc) is 3.71. The SMILES string of the molecule is COc1ccccc1-c1cc(C2=CCCN(C(=O)CCn3ccnn3)C2)c(F)c2[nH]c(C(=O)N3CCCCC3)cc12. The van der Waals surface area contributed by atoms with E-state index in [9.17, 15) is 9.59 Å². The van der Waals surface area contributed by atoms with Gasteiger partial charge in [-0.25, -0.2) is 4.39 Å². The van der Waals surface area contributed by atoms with Crippen molar-refractivity contribution in [1.82, 2.24) is 29.8 Å². The first-order chi connectivity index (χ1) is 20.0. The predicted molar refractivity (Wildman–Crippen MR) is 154 cm³/mol. The fourth-order valence-corrected chi connectivity index (χ4v) is 5.84. The van der Waals surface area contributed by atoms with E-state index in [0.717, 1.165) is 36.0 Å². The maximum absolute atomic E-state index is 16.4. The standard InChI is InChI=1S/C31H33FN6O3/c1-41-27-10-4-3-9-22(27)24-18-23(21-8-7-15-37(20-21)28(39)11-16-38-17-12-33-35-38)29(32)30-25(24)19-26(34-30)31(40)36-13-5-2-6-14-36/h3-4,8-10,12,17-19,34H,2,5-7,11,13-16,20H2,1H3. The number of carbonyl (C=O) groups excluding carboxylic acids is 2. The van der Waals surface area contributed by atoms with Gasteiger partial charge in [-0.1, -0.05) is 29.5 Å². The van der Waals surface area contributed by atoms with Gasteiger partial charge in [-0.3, -0.25) is 14.3 Å². The topological polar surface area (TPSA) is 96.3 Å². The van der Waals surface area contributed by atoms with Crippen molar-refractivity contribution in [2.24, 2.45) is 0 Å². The Morgan fingerprint density at radius 2 is 1.85 bits per heavy atom. The van der Waals surface area contributed by atoms with Gasteiger partial charge in [0.05, 0.1) is 25.4 Å². The largest absolute Gasteiger partial charge is 0.496 e. The lowest BCUT2D eigenvalue weighted by molar-refractivity contribution is -0.131. The van der Waals surface area contributed by atoms with Gasteiger partial charge in [0.15, 0.2) is 5.82 Å². The fourth-order valence-electron chi connectivity index (χ4n) is 5.84. The van der Waals surface area contributed by atoms with Crippen LogP contribution in [0.2, 0.25) is 0 Å². The Morgan fingerprint density at radius 1 is 1.02 bits per heavy atom. The van der Waals surface area contributed by atoms with E-state index in [1.54, 1.807) is 35.2 Å². The van der Waals surface area contributed by atoms with E-state index in [1.165, 1.54) is 0 Å². The summed E-state index contributed by atoms with van der Waals surface area (Å²) in [5.41, 5.74) is 3.36. The molecule has 0 bridgehead atoms. The van der Waals surface area contributed by atoms with Crippen LogP contribution in [0.25, 0.3) is 27.6 Å². The van der Waals surface area contributed by atoms with Crippen LogP contribution in [0.5, 0.6) is 5.75 Å². The van der Waals surface area contributed by atoms with E-state index < -0.39 is 5.82 Å². The van der Waals surface area contributed by atoms with Gasteiger partial charge in [-0.15, -0.1) is 5.10 Å². The minimum Gasteiger partial charge on any atom is -0.496 e. The lowest BCUT2D eigenvalue weighted by Crippen LogP contribution is -2.36. The van der Waals surface area contributed by atoms with Crippen molar-refractivity contribution >= 4 is 28.3 Å². The number of benzene rings is 2. The molecule has 2 amide bonds. The molecule has 2 aromatic heterocycles. The minimum absolute atomic E-state index is 0.0215. The molecule has 212 valence electrons. The number of likely N-dealkylation sites (tertiary alicyclic amines) is 1. The summed E-state index contributed by atoms with van der Waals surface area (Å²) >= 11 is 0. The average molecular weight is 557 g/mol. The number of amides is 2. The first-order valence-electron chi connectivity index (χ1n) is 14.1. The summed E-state index contributed by atoms with van der Waals surface area (Å²) in [7, 11) is 1.61. The number of aromatic nitrogens is 4. The van der Waals surface area contributed by atoms with Gasteiger partial charge in [0.1, 0.15) is 11.4 Å². The number of aromatic amines is 1. The lowest BCUT2D eigenvalue weighted by atomic mass is 9.93. The zero-order valence-corrected chi connectivity index (χ0v) is 23.1. The fraction of sp³-hybridized carbons (Fsp3) is 0.355. The number of carbonyl (C=O) groups is 2. The third kappa shape index (κ3) is 5.33. The van der Waals surface area contributed by atoms with Crippen LogP contribution < -0.4 is 4.74 Å². The molecule has 0 saturated carbocycles. The van der Waals surface area contributed by atoms with Crippen LogP contribution in [0.1, 0.15) is 48.2 Å². The van der Waals surface area contributed by atoms with Gasteiger partial charge < -0.3 is 19.5 Å². The van der Waals surface area contributed by atoms with Gasteiger partial charge in [0, 0.05) is 55.3 Å². The molecule has 1 fully saturated rings. The molecule has 2 aliphatic heterocycles. The molecule has 0 unspecified atom stereocenters. The van der Waals surface area contributed by atoms with Crippen molar-refractivity contribution in [2.75, 3.05) is 33.3 Å². The lowest BCUT2D eigenvalue weighted by Gasteiger charge is -2.28. The Labute approximate surface area is 237 Å². The van der Waals surface area contributed by atoms with Crippen molar-refractivity contribution < 1.29 is 18.7 Å². The summed E-state index contributed by atoms with van der Waals surface area (Å²) in [5.74, 6) is 0.0826. The number of H-pyrrole nitrogens is 1. The second-order valence-corrected chi connectivity index (χ2v) is 10.6. The first-order valence-corrected chi connectivity index (χ1v) is 14.1. The van der Waals surface area contributed by atoms with Crippen molar-refractivity contribution in [3.05, 3.63) is 71.9 Å². The molecule has 0 atom stereocenters. The van der Waals surface area contributed by atoms with Crippen molar-refractivity contribution in [3.8, 4) is 16.9 Å². The molecule has 6 rings (SSSR count). The number of fused-ring (bicyclic) bond motifs is 1. The molecule has 4 aromatic rings. The number of ether oxygens (including phenoxy) is 1. The Balaban J connectivity index is 1.38. The normalized spacial score (nSPS) is 15.7. The number of aryl methyl sites for hydroxylation is 1. The van der Waals surface area contributed by atoms with E-state index in [4.69, 9.17) is 4.74 Å². The zero-order chi connectivity index (χ0) is 28.3. The number of nitrogens with one attached hydrogen (secondary N) is 1. The highest BCUT2D eigenvalue weighted by atomic mass is 19.1. The Morgan fingerprint density at radius 3 is 2.63 bits per heavy atom. The molecule has 2 aromatic carbocycles. The van der Waals surface area contributed by atoms with Crippen LogP contribution in [0, 0.1) is 5.82 Å². The summed E-state index contributed by atoms with van der Waals surface area (Å²) in [6.07, 6.45) is 9.26. The van der Waals surface area contributed by atoms with Gasteiger partial charge in [0.2, 0.25) is 5.91 Å². The van der Waals surface area contributed by atoms with Crippen LogP contribution in [0.15, 0.2) is 54.9 Å². The van der Waals surface area contributed by atoms with Crippen LogP contribution in [0.3, 0.4) is 0 Å². The summed E-state index contributed by atoms with van der Waals surface area (Å²) in [6.45, 7) is 2.71. The number of hydrogen-bond acceptors (Lipinski definition) is 5. The van der Waals surface area contributed by atoms with E-state index in [2.05, 4.69) is 15.3 Å². The maximum atomic E-state index is 16.4. The highest BCUT2D eigenvalue weighted by molar-refractivity contribution is 6.05. The first kappa shape index (κ1) is 26.7. The van der Waals surface area contributed by atoms with Gasteiger partial charge in [0.25, 0.3) is 5.91 Å². The predicted octanol–water partition coefficient (Wildman–Crippen LogP) is 4.91. The molecule has 41 heavy (non-hydrogen) atoms. The smallest absolute Gasteiger partial charge is 0.270 e. The van der Waals surface area contributed by atoms with E-state index in [1.807, 2.05) is 41.3 Å². The Hall–Kier alpha value is -4.47. The van der Waals surface area contributed by atoms with Gasteiger partial charge in [-0.05, 0) is 55.0 Å². The molecule has 0 aliphatic carbocycles. The molecule has 1 saturated heterocycles. The number of halogens is 1. The van der Waals surface area contributed by atoms with Crippen LogP contribution in [-0.4, -0.2) is 74.9 Å². The highest BCUT2D eigenvalue weighted by Gasteiger charge is 2.27. The molecular formula is C31H33FN6O3. The summed E-state index contributed by atoms with van der Waals surface area (Å²) in [6, 6.07) is 11.2. The summed E-state index contributed by atoms with van der Waals surface area (Å²) in [4.78, 5) is 33.2. The molecule has 9 nitrogen and oxygen atoms in total. The highest BCUT2D eigenvalue weighted by Crippen LogP contribution is 2.40. The molecule has 4 heterocycles. The van der Waals surface area contributed by atoms with Crippen molar-refractivity contribution in [1.29, 1.82) is 0 Å². The number of rotatable bonds is 7. The molecule has 0 spiro atoms. The van der Waals surface area contributed by atoms with E-state index >= 15 is 4.39 Å². The maximum Gasteiger partial charge on any atom is 0.270 e. The Bertz CT molecular complexity index is 1600. The molecule has 0 radical (unpaired) electrons. The quantitative estimate of drug-likeness (QED) is 0.349. The van der Waals surface area contributed by atoms with Crippen LogP contribution in [-0.2, 0) is 11.3 Å². The van der Waals surface area contributed by atoms with E-state index in [0.29, 0.717) is 61.5 Å². The number of nitrogens with zero attached hydrogens (tertiary/aromatic N) is 5. The van der Waals surface area contributed by atoms with Crippen LogP contribution in [0.4, 0.5) is 4.39 Å². The van der Waals surface area contributed by atoms with Gasteiger partial charge >= 0.3 is 0 Å². The molecule has 10 heteroatoms. The number of para-hydroxylation sites is 1. The molecular weight excluding hydrogens is 523 g/mol. The van der Waals surface area contributed by atoms with Crippen LogP contribution >= 0.6 is 0 Å². The van der Waals surface area contributed by atoms with Gasteiger partial charge in [-0.2, -0.15) is 0 Å². The number of hydrogen-bond donors (Lipinski definition) is 1. The third-order valence-electron chi connectivity index (χ3n) is 8.00. The number of methoxy groups -OCH3 is 1. The Kier molecular flexibility index (Phi) is 7.54. The second-order valence-electron chi connectivity index (χ2n) is 10.6. The minimum atomic E-state index is -0.431. The number of piperidine rings is 1. The second kappa shape index (κ2) is 11.6. The summed E-state index contributed by atoms with van der Waals surface area (Å²) in [5, 5.41) is 8.33. The zero-order valence-electron chi connectivity index (χ0n) is 23.1. The molecule has 2 aliphatic rings.